The zero-order valence-corrected chi connectivity index (χ0v) is 12.9. The molecule has 0 atom stereocenters. The van der Waals surface area contributed by atoms with Crippen LogP contribution in [-0.4, -0.2) is 17.6 Å². The number of nitrogens with zero attached hydrogens (tertiary/aromatic N) is 2. The summed E-state index contributed by atoms with van der Waals surface area (Å²) in [6.45, 7) is 1.06. The zero-order valence-electron chi connectivity index (χ0n) is 12.1. The second kappa shape index (κ2) is 5.06. The molecule has 4 heteroatoms. The topological polar surface area (TPSA) is 42.1 Å². The van der Waals surface area contributed by atoms with Crippen LogP contribution in [0.3, 0.4) is 0 Å². The van der Waals surface area contributed by atoms with Gasteiger partial charge in [0, 0.05) is 34.2 Å². The first kappa shape index (κ1) is 13.2. The quantitative estimate of drug-likeness (QED) is 0.860. The number of pyridine rings is 1. The summed E-state index contributed by atoms with van der Waals surface area (Å²) in [7, 11) is 0. The highest BCUT2D eigenvalue weighted by Gasteiger charge is 2.30. The Morgan fingerprint density at radius 3 is 2.81 bits per heavy atom. The smallest absolute Gasteiger partial charge is 0.134 e. The van der Waals surface area contributed by atoms with E-state index < -0.39 is 0 Å². The normalized spacial score (nSPS) is 19.2. The van der Waals surface area contributed by atoms with Crippen molar-refractivity contribution in [2.75, 3.05) is 17.2 Å². The van der Waals surface area contributed by atoms with Crippen LogP contribution in [0.1, 0.15) is 37.7 Å². The average Bonchev–Trinajstić information content (AvgIpc) is 2.93. The Labute approximate surface area is 130 Å². The third kappa shape index (κ3) is 2.15. The average molecular weight is 302 g/mol. The van der Waals surface area contributed by atoms with Gasteiger partial charge >= 0.3 is 0 Å². The molecule has 1 aromatic carbocycles. The lowest BCUT2D eigenvalue weighted by molar-refractivity contribution is 0.419. The van der Waals surface area contributed by atoms with Crippen LogP contribution in [0.4, 0.5) is 11.5 Å². The van der Waals surface area contributed by atoms with Gasteiger partial charge in [0.2, 0.25) is 0 Å². The second-order valence-corrected chi connectivity index (χ2v) is 6.66. The fourth-order valence-corrected chi connectivity index (χ4v) is 4.03. The van der Waals surface area contributed by atoms with Gasteiger partial charge in [0.1, 0.15) is 5.82 Å². The number of nitrogen functional groups attached to an aromatic ring is 1. The Morgan fingerprint density at radius 2 is 2.00 bits per heavy atom. The third-order valence-corrected chi connectivity index (χ3v) is 5.20. The van der Waals surface area contributed by atoms with E-state index in [1.807, 2.05) is 18.2 Å². The minimum absolute atomic E-state index is 0.650. The highest BCUT2D eigenvalue weighted by molar-refractivity contribution is 6.31. The van der Waals surface area contributed by atoms with Gasteiger partial charge in [-0.05, 0) is 37.5 Å². The van der Waals surface area contributed by atoms with Crippen molar-refractivity contribution in [1.82, 2.24) is 4.98 Å². The summed E-state index contributed by atoms with van der Waals surface area (Å²) < 4.78 is 0. The van der Waals surface area contributed by atoms with Gasteiger partial charge in [0.25, 0.3) is 0 Å². The molecule has 110 valence electrons. The molecule has 0 unspecified atom stereocenters. The molecule has 1 fully saturated rings. The molecule has 2 aliphatic rings. The first-order chi connectivity index (χ1) is 10.2. The van der Waals surface area contributed by atoms with Gasteiger partial charge in [-0.2, -0.15) is 0 Å². The van der Waals surface area contributed by atoms with E-state index in [1.165, 1.54) is 37.7 Å². The van der Waals surface area contributed by atoms with Gasteiger partial charge in [-0.15, -0.1) is 0 Å². The van der Waals surface area contributed by atoms with Gasteiger partial charge in [-0.3, -0.25) is 0 Å². The lowest BCUT2D eigenvalue weighted by Crippen LogP contribution is -2.35. The fraction of sp³-hybridized carbons (Fsp3) is 0.471. The Balaban J connectivity index is 1.81. The van der Waals surface area contributed by atoms with Crippen molar-refractivity contribution in [3.63, 3.8) is 0 Å². The third-order valence-electron chi connectivity index (χ3n) is 4.96. The molecule has 1 aromatic heterocycles. The summed E-state index contributed by atoms with van der Waals surface area (Å²) in [5.41, 5.74) is 9.45. The number of rotatable bonds is 1. The standard InChI is InChI=1S/C17H20ClN3/c18-11-6-7-15-14(10-11)16(19)13-8-9-21(17(13)20-15)12-4-2-1-3-5-12/h6-7,10,12H,1-5,8-9H2,(H2,19,20). The number of nitrogens with two attached hydrogens (primary N) is 1. The number of hydrogen-bond acceptors (Lipinski definition) is 3. The fourth-order valence-electron chi connectivity index (χ4n) is 3.86. The van der Waals surface area contributed by atoms with Crippen LogP contribution >= 0.6 is 11.6 Å². The summed E-state index contributed by atoms with van der Waals surface area (Å²) >= 11 is 6.10. The summed E-state index contributed by atoms with van der Waals surface area (Å²) in [4.78, 5) is 7.40. The Kier molecular flexibility index (Phi) is 3.18. The largest absolute Gasteiger partial charge is 0.398 e. The predicted molar refractivity (Wildman–Crippen MR) is 89.1 cm³/mol. The van der Waals surface area contributed by atoms with Gasteiger partial charge in [0.05, 0.1) is 5.52 Å². The summed E-state index contributed by atoms with van der Waals surface area (Å²) in [5.74, 6) is 1.12. The molecule has 3 nitrogen and oxygen atoms in total. The number of halogens is 1. The Morgan fingerprint density at radius 1 is 1.19 bits per heavy atom. The first-order valence-corrected chi connectivity index (χ1v) is 8.26. The van der Waals surface area contributed by atoms with E-state index >= 15 is 0 Å². The molecule has 0 bridgehead atoms. The highest BCUT2D eigenvalue weighted by Crippen LogP contribution is 2.39. The molecular weight excluding hydrogens is 282 g/mol. The number of benzene rings is 1. The van der Waals surface area contributed by atoms with Crippen LogP contribution < -0.4 is 10.6 Å². The predicted octanol–water partition coefficient (Wildman–Crippen LogP) is 4.17. The minimum atomic E-state index is 0.650. The van der Waals surface area contributed by atoms with Gasteiger partial charge in [-0.25, -0.2) is 4.98 Å². The lowest BCUT2D eigenvalue weighted by Gasteiger charge is -2.32. The molecule has 0 saturated heterocycles. The van der Waals surface area contributed by atoms with Crippen molar-refractivity contribution in [1.29, 1.82) is 0 Å². The molecule has 1 aliphatic carbocycles. The molecule has 1 aliphatic heterocycles. The van der Waals surface area contributed by atoms with Crippen molar-refractivity contribution in [3.8, 4) is 0 Å². The minimum Gasteiger partial charge on any atom is -0.398 e. The van der Waals surface area contributed by atoms with Gasteiger partial charge in [0.15, 0.2) is 0 Å². The zero-order chi connectivity index (χ0) is 14.4. The number of aromatic nitrogens is 1. The van der Waals surface area contributed by atoms with Crippen LogP contribution in [0, 0.1) is 0 Å². The van der Waals surface area contributed by atoms with Crippen LogP contribution in [0.5, 0.6) is 0 Å². The van der Waals surface area contributed by atoms with E-state index in [2.05, 4.69) is 4.90 Å². The molecule has 21 heavy (non-hydrogen) atoms. The Bertz CT molecular complexity index is 692. The molecule has 1 saturated carbocycles. The van der Waals surface area contributed by atoms with E-state index in [9.17, 15) is 0 Å². The molecule has 0 spiro atoms. The number of hydrogen-bond donors (Lipinski definition) is 1. The number of anilines is 2. The van der Waals surface area contributed by atoms with E-state index in [4.69, 9.17) is 22.3 Å². The Hall–Kier alpha value is -1.48. The maximum absolute atomic E-state index is 6.41. The maximum atomic E-state index is 6.41. The molecule has 4 rings (SSSR count). The van der Waals surface area contributed by atoms with Crippen LogP contribution in [0.15, 0.2) is 18.2 Å². The van der Waals surface area contributed by atoms with Gasteiger partial charge in [-0.1, -0.05) is 30.9 Å². The highest BCUT2D eigenvalue weighted by atomic mass is 35.5. The van der Waals surface area contributed by atoms with Crippen molar-refractivity contribution >= 4 is 34.0 Å². The first-order valence-electron chi connectivity index (χ1n) is 7.88. The summed E-state index contributed by atoms with van der Waals surface area (Å²) in [6.07, 6.45) is 7.65. The summed E-state index contributed by atoms with van der Waals surface area (Å²) in [5, 5.41) is 1.71. The van der Waals surface area contributed by atoms with Gasteiger partial charge < -0.3 is 10.6 Å². The van der Waals surface area contributed by atoms with E-state index in [1.54, 1.807) is 0 Å². The van der Waals surface area contributed by atoms with E-state index in [-0.39, 0.29) is 0 Å². The van der Waals surface area contributed by atoms with Crippen LogP contribution in [0.2, 0.25) is 5.02 Å². The molecule has 2 heterocycles. The monoisotopic (exact) mass is 301 g/mol. The second-order valence-electron chi connectivity index (χ2n) is 6.22. The van der Waals surface area contributed by atoms with Crippen molar-refractivity contribution in [3.05, 3.63) is 28.8 Å². The van der Waals surface area contributed by atoms with Crippen molar-refractivity contribution in [2.24, 2.45) is 0 Å². The maximum Gasteiger partial charge on any atom is 0.134 e. The van der Waals surface area contributed by atoms with Crippen LogP contribution in [-0.2, 0) is 6.42 Å². The lowest BCUT2D eigenvalue weighted by atomic mass is 9.94. The summed E-state index contributed by atoms with van der Waals surface area (Å²) in [6, 6.07) is 6.45. The SMILES string of the molecule is Nc1c2c(nc3ccc(Cl)cc13)N(C1CCCCC1)CC2. The molecular formula is C17H20ClN3. The van der Waals surface area contributed by atoms with Crippen molar-refractivity contribution in [2.45, 2.75) is 44.6 Å². The number of fused-ring (bicyclic) bond motifs is 2. The van der Waals surface area contributed by atoms with Crippen LogP contribution in [0.25, 0.3) is 10.9 Å². The van der Waals surface area contributed by atoms with Crippen molar-refractivity contribution < 1.29 is 0 Å². The van der Waals surface area contributed by atoms with E-state index in [0.29, 0.717) is 6.04 Å². The molecule has 0 amide bonds. The molecule has 2 N–H and O–H groups in total. The molecule has 0 radical (unpaired) electrons. The van der Waals surface area contributed by atoms with E-state index in [0.717, 1.165) is 40.4 Å². The molecule has 2 aromatic rings.